The Morgan fingerprint density at radius 1 is 1.11 bits per heavy atom. The first-order valence-corrected chi connectivity index (χ1v) is 15.8. The third-order valence-electron chi connectivity index (χ3n) is 8.59. The lowest BCUT2D eigenvalue weighted by molar-refractivity contribution is -0.141. The first kappa shape index (κ1) is 30.4. The second kappa shape index (κ2) is 12.4. The van der Waals surface area contributed by atoms with Gasteiger partial charge in [0.15, 0.2) is 0 Å². The molecule has 6 rings (SSSR count). The zero-order valence-electron chi connectivity index (χ0n) is 25.9. The zero-order valence-corrected chi connectivity index (χ0v) is 26.7. The number of pyridine rings is 1. The maximum atomic E-state index is 14.4. The van der Waals surface area contributed by atoms with Crippen molar-refractivity contribution in [2.75, 3.05) is 32.7 Å². The van der Waals surface area contributed by atoms with Crippen LogP contribution in [0.15, 0.2) is 49.1 Å². The number of carbonyl (C=O) groups excluding carboxylic acids is 2. The first-order valence-electron chi connectivity index (χ1n) is 15.4. The molecule has 0 aliphatic carbocycles. The maximum absolute atomic E-state index is 14.4. The number of amides is 2. The fraction of sp³-hybridized carbons (Fsp3) is 0.515. The van der Waals surface area contributed by atoms with Gasteiger partial charge in [0.05, 0.1) is 23.8 Å². The molecule has 0 bridgehead atoms. The molecule has 234 valence electrons. The van der Waals surface area contributed by atoms with Gasteiger partial charge in [0.25, 0.3) is 0 Å². The van der Waals surface area contributed by atoms with Crippen LogP contribution in [0.4, 0.5) is 4.79 Å². The highest BCUT2D eigenvalue weighted by Crippen LogP contribution is 2.41. The van der Waals surface area contributed by atoms with Crippen molar-refractivity contribution in [2.45, 2.75) is 71.4 Å². The van der Waals surface area contributed by atoms with Crippen molar-refractivity contribution in [3.05, 3.63) is 76.6 Å². The molecule has 0 N–H and O–H groups in total. The Hall–Kier alpha value is -3.63. The van der Waals surface area contributed by atoms with Crippen LogP contribution in [-0.2, 0) is 22.7 Å². The van der Waals surface area contributed by atoms with Crippen molar-refractivity contribution in [3.8, 4) is 5.75 Å². The van der Waals surface area contributed by atoms with Crippen LogP contribution in [0.25, 0.3) is 0 Å². The van der Waals surface area contributed by atoms with Crippen LogP contribution in [0.5, 0.6) is 5.75 Å². The summed E-state index contributed by atoms with van der Waals surface area (Å²) < 4.78 is 14.1. The van der Waals surface area contributed by atoms with Gasteiger partial charge in [0, 0.05) is 67.8 Å². The van der Waals surface area contributed by atoms with Gasteiger partial charge in [0.2, 0.25) is 5.91 Å². The number of piperidine rings is 1. The minimum Gasteiger partial charge on any atom is -0.488 e. The predicted octanol–water partition coefficient (Wildman–Crippen LogP) is 5.08. The lowest BCUT2D eigenvalue weighted by Gasteiger charge is -2.45. The molecule has 11 heteroatoms. The molecule has 3 aromatic rings. The quantitative estimate of drug-likeness (QED) is 0.402. The van der Waals surface area contributed by atoms with Crippen LogP contribution in [0.2, 0.25) is 5.02 Å². The number of rotatable bonds is 4. The lowest BCUT2D eigenvalue weighted by Crippen LogP contribution is -2.63. The molecular formula is C33H41ClN6O4. The molecule has 5 heterocycles. The monoisotopic (exact) mass is 620 g/mol. The predicted molar refractivity (Wildman–Crippen MR) is 166 cm³/mol. The number of aromatic nitrogens is 3. The number of imidazole rings is 1. The van der Waals surface area contributed by atoms with E-state index in [4.69, 9.17) is 26.1 Å². The second-order valence-electron chi connectivity index (χ2n) is 13.1. The number of ether oxygens (including phenoxy) is 2. The third kappa shape index (κ3) is 6.56. The Balaban J connectivity index is 1.30. The molecule has 10 nitrogen and oxygen atoms in total. The summed E-state index contributed by atoms with van der Waals surface area (Å²) in [5, 5.41) is 0.592. The molecule has 1 aromatic carbocycles. The van der Waals surface area contributed by atoms with E-state index in [1.807, 2.05) is 75.5 Å². The molecule has 0 radical (unpaired) electrons. The summed E-state index contributed by atoms with van der Waals surface area (Å²) in [6.45, 7) is 11.2. The highest BCUT2D eigenvalue weighted by Gasteiger charge is 2.43. The number of likely N-dealkylation sites (tertiary alicyclic amines) is 1. The normalized spacial score (nSPS) is 22.4. The molecule has 2 fully saturated rings. The van der Waals surface area contributed by atoms with E-state index >= 15 is 0 Å². The van der Waals surface area contributed by atoms with Crippen molar-refractivity contribution in [3.63, 3.8) is 0 Å². The standard InChI is InChI=1S/C33H41ClN6O4/c1-22-16-37(21-36-22)17-23-7-6-12-39(18-23)31(41)27-19-38(13-14-40(27)32(42)44-33(2,3)4)30-26-10-9-25(34)15-28(26)43-20-24-8-5-11-35-29(24)30/h5,8-11,15-16,21,23,27,30H,6-7,12-14,17-20H2,1-4H3/t23-,27?,30-/m0/s1. The summed E-state index contributed by atoms with van der Waals surface area (Å²) in [5.74, 6) is 0.962. The van der Waals surface area contributed by atoms with Crippen molar-refractivity contribution in [1.82, 2.24) is 29.2 Å². The summed E-state index contributed by atoms with van der Waals surface area (Å²) in [5.41, 5.74) is 3.11. The lowest BCUT2D eigenvalue weighted by atomic mass is 9.95. The number of hydrogen-bond acceptors (Lipinski definition) is 7. The van der Waals surface area contributed by atoms with E-state index in [0.717, 1.165) is 41.9 Å². The van der Waals surface area contributed by atoms with Gasteiger partial charge in [-0.05, 0) is 64.7 Å². The van der Waals surface area contributed by atoms with Crippen LogP contribution in [0.3, 0.4) is 0 Å². The van der Waals surface area contributed by atoms with Crippen molar-refractivity contribution < 1.29 is 19.1 Å². The number of carbonyl (C=O) groups is 2. The van der Waals surface area contributed by atoms with Gasteiger partial charge >= 0.3 is 6.09 Å². The molecule has 2 aromatic heterocycles. The molecule has 3 aliphatic rings. The number of fused-ring (bicyclic) bond motifs is 2. The Labute approximate surface area is 263 Å². The Bertz CT molecular complexity index is 1520. The minimum atomic E-state index is -0.708. The number of hydrogen-bond donors (Lipinski definition) is 0. The van der Waals surface area contributed by atoms with Crippen molar-refractivity contribution in [1.29, 1.82) is 0 Å². The smallest absolute Gasteiger partial charge is 0.411 e. The van der Waals surface area contributed by atoms with Gasteiger partial charge in [0.1, 0.15) is 24.0 Å². The van der Waals surface area contributed by atoms with Gasteiger partial charge in [-0.3, -0.25) is 19.6 Å². The van der Waals surface area contributed by atoms with Crippen LogP contribution in [-0.4, -0.2) is 85.6 Å². The fourth-order valence-electron chi connectivity index (χ4n) is 6.63. The van der Waals surface area contributed by atoms with E-state index < -0.39 is 17.7 Å². The van der Waals surface area contributed by atoms with Crippen molar-refractivity contribution >= 4 is 23.6 Å². The minimum absolute atomic E-state index is 0.0467. The molecular weight excluding hydrogens is 580 g/mol. The topological polar surface area (TPSA) is 93.0 Å². The summed E-state index contributed by atoms with van der Waals surface area (Å²) in [6.07, 6.45) is 7.18. The molecule has 2 saturated heterocycles. The summed E-state index contributed by atoms with van der Waals surface area (Å²) in [6, 6.07) is 8.64. The van der Waals surface area contributed by atoms with Gasteiger partial charge in [-0.2, -0.15) is 0 Å². The molecule has 44 heavy (non-hydrogen) atoms. The average Bonchev–Trinajstić information content (AvgIpc) is 3.32. The van der Waals surface area contributed by atoms with Gasteiger partial charge in [-0.1, -0.05) is 23.7 Å². The Kier molecular flexibility index (Phi) is 8.57. The molecule has 0 spiro atoms. The van der Waals surface area contributed by atoms with E-state index in [9.17, 15) is 9.59 Å². The summed E-state index contributed by atoms with van der Waals surface area (Å²) >= 11 is 6.37. The van der Waals surface area contributed by atoms with E-state index in [2.05, 4.69) is 14.5 Å². The molecule has 1 unspecified atom stereocenters. The second-order valence-corrected chi connectivity index (χ2v) is 13.5. The molecule has 2 amide bonds. The van der Waals surface area contributed by atoms with Crippen molar-refractivity contribution in [2.24, 2.45) is 5.92 Å². The Morgan fingerprint density at radius 3 is 2.73 bits per heavy atom. The number of aryl methyl sites for hydroxylation is 1. The van der Waals surface area contributed by atoms with Crippen LogP contribution < -0.4 is 4.74 Å². The average molecular weight is 621 g/mol. The fourth-order valence-corrected chi connectivity index (χ4v) is 6.80. The summed E-state index contributed by atoms with van der Waals surface area (Å²) in [7, 11) is 0. The molecule has 3 aliphatic heterocycles. The number of piperazine rings is 1. The van der Waals surface area contributed by atoms with Gasteiger partial charge < -0.3 is 18.9 Å². The molecule has 0 saturated carbocycles. The zero-order chi connectivity index (χ0) is 31.0. The largest absolute Gasteiger partial charge is 0.488 e. The van der Waals surface area contributed by atoms with Crippen LogP contribution >= 0.6 is 11.6 Å². The van der Waals surface area contributed by atoms with E-state index in [1.165, 1.54) is 0 Å². The Morgan fingerprint density at radius 2 is 1.95 bits per heavy atom. The van der Waals surface area contributed by atoms with E-state index in [1.54, 1.807) is 11.1 Å². The SMILES string of the molecule is Cc1cn(C[C@@H]2CCCN(C(=O)C3CN([C@H]4c5ccc(Cl)cc5OCc5cccnc54)CCN3C(=O)OC(C)(C)C)C2)cn1. The number of halogens is 1. The first-order chi connectivity index (χ1) is 21.1. The van der Waals surface area contributed by atoms with Crippen LogP contribution in [0.1, 0.15) is 62.2 Å². The molecule has 3 atom stereocenters. The third-order valence-corrected chi connectivity index (χ3v) is 8.83. The highest BCUT2D eigenvalue weighted by atomic mass is 35.5. The number of benzene rings is 1. The summed E-state index contributed by atoms with van der Waals surface area (Å²) in [4.78, 5) is 43.0. The maximum Gasteiger partial charge on any atom is 0.411 e. The van der Waals surface area contributed by atoms with Gasteiger partial charge in [-0.15, -0.1) is 0 Å². The highest BCUT2D eigenvalue weighted by molar-refractivity contribution is 6.30. The van der Waals surface area contributed by atoms with E-state index in [-0.39, 0.29) is 11.9 Å². The van der Waals surface area contributed by atoms with Crippen LogP contribution in [0, 0.1) is 12.8 Å². The number of nitrogens with zero attached hydrogens (tertiary/aromatic N) is 6. The van der Waals surface area contributed by atoms with Gasteiger partial charge in [-0.25, -0.2) is 9.78 Å². The van der Waals surface area contributed by atoms with E-state index in [0.29, 0.717) is 56.0 Å².